The van der Waals surface area contributed by atoms with Gasteiger partial charge in [-0.3, -0.25) is 14.9 Å². The minimum Gasteiger partial charge on any atom is -0.397 e. The quantitative estimate of drug-likeness (QED) is 0.835. The highest BCUT2D eigenvalue weighted by Crippen LogP contribution is 2.22. The molecule has 0 aliphatic heterocycles. The van der Waals surface area contributed by atoms with E-state index in [2.05, 4.69) is 10.3 Å². The van der Waals surface area contributed by atoms with Gasteiger partial charge in [-0.05, 0) is 11.4 Å². The molecule has 3 N–H and O–H groups in total. The van der Waals surface area contributed by atoms with Gasteiger partial charge in [0.1, 0.15) is 10.6 Å². The second kappa shape index (κ2) is 4.64. The fourth-order valence-corrected chi connectivity index (χ4v) is 2.61. The molecule has 0 bridgehead atoms. The van der Waals surface area contributed by atoms with Crippen LogP contribution in [-0.4, -0.2) is 16.7 Å². The Balaban J connectivity index is 2.13. The number of carbonyl (C=O) groups excluding carboxylic acids is 2. The van der Waals surface area contributed by atoms with Crippen LogP contribution in [0.4, 0.5) is 10.8 Å². The van der Waals surface area contributed by atoms with E-state index >= 15 is 0 Å². The van der Waals surface area contributed by atoms with Crippen LogP contribution in [0, 0.1) is 0 Å². The average molecular weight is 267 g/mol. The number of nitrogens with two attached hydrogens (primary N) is 1. The Hall–Kier alpha value is -1.73. The smallest absolute Gasteiger partial charge is 0.269 e. The Morgan fingerprint density at radius 3 is 2.71 bits per heavy atom. The number of nitrogens with one attached hydrogen (secondary N) is 1. The maximum absolute atomic E-state index is 11.8. The third-order valence-electron chi connectivity index (χ3n) is 1.99. The highest BCUT2D eigenvalue weighted by atomic mass is 32.1. The van der Waals surface area contributed by atoms with Gasteiger partial charge in [-0.2, -0.15) is 0 Å². The summed E-state index contributed by atoms with van der Waals surface area (Å²) >= 11 is 2.47. The standard InChI is InChI=1S/C10H9N3O2S2/c1-5(14)7-4-17-10(12-7)13-9(15)8-6(11)2-3-16-8/h2-4H,11H2,1H3,(H,12,13,15). The number of hydrogen-bond acceptors (Lipinski definition) is 6. The van der Waals surface area contributed by atoms with E-state index in [9.17, 15) is 9.59 Å². The lowest BCUT2D eigenvalue weighted by atomic mass is 10.4. The van der Waals surface area contributed by atoms with E-state index in [1.165, 1.54) is 29.6 Å². The van der Waals surface area contributed by atoms with Crippen molar-refractivity contribution in [3.05, 3.63) is 27.4 Å². The number of nitrogens with zero attached hydrogens (tertiary/aromatic N) is 1. The van der Waals surface area contributed by atoms with Crippen LogP contribution >= 0.6 is 22.7 Å². The first kappa shape index (κ1) is 11.7. The number of hydrogen-bond donors (Lipinski definition) is 2. The molecule has 2 rings (SSSR count). The first-order valence-electron chi connectivity index (χ1n) is 4.68. The molecule has 0 aliphatic carbocycles. The summed E-state index contributed by atoms with van der Waals surface area (Å²) in [6.45, 7) is 1.43. The molecule has 88 valence electrons. The SMILES string of the molecule is CC(=O)c1csc(NC(=O)c2sccc2N)n1. The second-order valence-corrected chi connectivity index (χ2v) is 5.03. The first-order valence-corrected chi connectivity index (χ1v) is 6.44. The zero-order chi connectivity index (χ0) is 12.4. The van der Waals surface area contributed by atoms with Gasteiger partial charge in [-0.1, -0.05) is 0 Å². The van der Waals surface area contributed by atoms with Crippen LogP contribution in [0.15, 0.2) is 16.8 Å². The van der Waals surface area contributed by atoms with Crippen molar-refractivity contribution < 1.29 is 9.59 Å². The third kappa shape index (κ3) is 2.51. The van der Waals surface area contributed by atoms with E-state index in [4.69, 9.17) is 5.73 Å². The number of amides is 1. The molecule has 7 heteroatoms. The Kier molecular flexibility index (Phi) is 3.21. The molecule has 0 atom stereocenters. The Bertz CT molecular complexity index is 574. The van der Waals surface area contributed by atoms with Crippen molar-refractivity contribution in [3.8, 4) is 0 Å². The van der Waals surface area contributed by atoms with Gasteiger partial charge in [0.2, 0.25) is 0 Å². The van der Waals surface area contributed by atoms with Crippen molar-refractivity contribution >= 4 is 45.2 Å². The molecule has 0 spiro atoms. The van der Waals surface area contributed by atoms with Crippen molar-refractivity contribution in [1.82, 2.24) is 4.98 Å². The average Bonchev–Trinajstić information content (AvgIpc) is 2.86. The summed E-state index contributed by atoms with van der Waals surface area (Å²) in [5, 5.41) is 6.35. The Labute approximate surface area is 105 Å². The van der Waals surface area contributed by atoms with Crippen LogP contribution in [0.3, 0.4) is 0 Å². The monoisotopic (exact) mass is 267 g/mol. The molecule has 2 aromatic heterocycles. The summed E-state index contributed by atoms with van der Waals surface area (Å²) < 4.78 is 0. The summed E-state index contributed by atoms with van der Waals surface area (Å²) in [7, 11) is 0. The Morgan fingerprint density at radius 1 is 1.41 bits per heavy atom. The lowest BCUT2D eigenvalue weighted by Gasteiger charge is -1.99. The molecule has 5 nitrogen and oxygen atoms in total. The fourth-order valence-electron chi connectivity index (χ4n) is 1.15. The maximum atomic E-state index is 11.8. The number of ketones is 1. The van der Waals surface area contributed by atoms with E-state index in [1.54, 1.807) is 16.8 Å². The molecule has 1 amide bonds. The molecule has 17 heavy (non-hydrogen) atoms. The number of carbonyl (C=O) groups is 2. The normalized spacial score (nSPS) is 10.2. The van der Waals surface area contributed by atoms with Crippen molar-refractivity contribution in [3.63, 3.8) is 0 Å². The predicted molar refractivity (Wildman–Crippen MR) is 68.8 cm³/mol. The summed E-state index contributed by atoms with van der Waals surface area (Å²) in [6.07, 6.45) is 0. The molecule has 2 aromatic rings. The number of rotatable bonds is 3. The summed E-state index contributed by atoms with van der Waals surface area (Å²) in [5.41, 5.74) is 6.42. The van der Waals surface area contributed by atoms with Gasteiger partial charge in [0.25, 0.3) is 5.91 Å². The van der Waals surface area contributed by atoms with Crippen molar-refractivity contribution in [2.45, 2.75) is 6.92 Å². The largest absolute Gasteiger partial charge is 0.397 e. The molecule has 0 fully saturated rings. The number of thiophene rings is 1. The summed E-state index contributed by atoms with van der Waals surface area (Å²) in [6, 6.07) is 1.67. The third-order valence-corrected chi connectivity index (χ3v) is 3.67. The zero-order valence-electron chi connectivity index (χ0n) is 8.89. The van der Waals surface area contributed by atoms with E-state index < -0.39 is 0 Å². The van der Waals surface area contributed by atoms with E-state index in [1.807, 2.05) is 0 Å². The lowest BCUT2D eigenvalue weighted by Crippen LogP contribution is -2.11. The molecule has 0 aliphatic rings. The van der Waals surface area contributed by atoms with Gasteiger partial charge in [-0.15, -0.1) is 22.7 Å². The molecule has 0 unspecified atom stereocenters. The number of nitrogen functional groups attached to an aromatic ring is 1. The highest BCUT2D eigenvalue weighted by molar-refractivity contribution is 7.14. The van der Waals surface area contributed by atoms with Crippen LogP contribution in [0.25, 0.3) is 0 Å². The lowest BCUT2D eigenvalue weighted by molar-refractivity contribution is 0.100. The highest BCUT2D eigenvalue weighted by Gasteiger charge is 2.14. The summed E-state index contributed by atoms with van der Waals surface area (Å²) in [5.74, 6) is -0.431. The Morgan fingerprint density at radius 2 is 2.18 bits per heavy atom. The molecular formula is C10H9N3O2S2. The minimum absolute atomic E-state index is 0.127. The number of Topliss-reactive ketones (excluding diaryl/α,β-unsaturated/α-hetero) is 1. The topological polar surface area (TPSA) is 85.1 Å². The summed E-state index contributed by atoms with van der Waals surface area (Å²) in [4.78, 5) is 27.3. The van der Waals surface area contributed by atoms with Gasteiger partial charge in [0.05, 0.1) is 5.69 Å². The molecule has 2 heterocycles. The zero-order valence-corrected chi connectivity index (χ0v) is 10.5. The van der Waals surface area contributed by atoms with Crippen LogP contribution in [0.2, 0.25) is 0 Å². The minimum atomic E-state index is -0.304. The number of thiazole rings is 1. The van der Waals surface area contributed by atoms with Crippen molar-refractivity contribution in [2.75, 3.05) is 11.1 Å². The van der Waals surface area contributed by atoms with E-state index in [0.29, 0.717) is 21.4 Å². The maximum Gasteiger partial charge on any atom is 0.269 e. The second-order valence-electron chi connectivity index (χ2n) is 3.25. The molecule has 0 radical (unpaired) electrons. The molecular weight excluding hydrogens is 258 g/mol. The molecule has 0 saturated heterocycles. The van der Waals surface area contributed by atoms with Crippen molar-refractivity contribution in [2.24, 2.45) is 0 Å². The van der Waals surface area contributed by atoms with Crippen LogP contribution in [0.5, 0.6) is 0 Å². The first-order chi connectivity index (χ1) is 8.08. The van der Waals surface area contributed by atoms with Crippen LogP contribution < -0.4 is 11.1 Å². The predicted octanol–water partition coefficient (Wildman–Crippen LogP) is 2.24. The van der Waals surface area contributed by atoms with Crippen LogP contribution in [-0.2, 0) is 0 Å². The van der Waals surface area contributed by atoms with E-state index in [-0.39, 0.29) is 11.7 Å². The van der Waals surface area contributed by atoms with Crippen LogP contribution in [0.1, 0.15) is 27.1 Å². The van der Waals surface area contributed by atoms with Gasteiger partial charge >= 0.3 is 0 Å². The fraction of sp³-hybridized carbons (Fsp3) is 0.100. The number of aromatic nitrogens is 1. The van der Waals surface area contributed by atoms with Gasteiger partial charge in [0, 0.05) is 12.3 Å². The number of anilines is 2. The molecule has 0 saturated carbocycles. The molecule has 0 aromatic carbocycles. The van der Waals surface area contributed by atoms with Gasteiger partial charge in [0.15, 0.2) is 10.9 Å². The van der Waals surface area contributed by atoms with E-state index in [0.717, 1.165) is 0 Å². The van der Waals surface area contributed by atoms with Crippen molar-refractivity contribution in [1.29, 1.82) is 0 Å². The van der Waals surface area contributed by atoms with Gasteiger partial charge in [-0.25, -0.2) is 4.98 Å². The van der Waals surface area contributed by atoms with Gasteiger partial charge < -0.3 is 5.73 Å².